The van der Waals surface area contributed by atoms with Crippen LogP contribution in [0.5, 0.6) is 11.5 Å². The van der Waals surface area contributed by atoms with Crippen LogP contribution in [0.4, 0.5) is 5.69 Å². The number of likely N-dealkylation sites (N-methyl/N-ethyl adjacent to an activating group) is 1. The van der Waals surface area contributed by atoms with Gasteiger partial charge in [0.15, 0.2) is 11.5 Å². The van der Waals surface area contributed by atoms with Gasteiger partial charge >= 0.3 is 0 Å². The number of carbonyl (C=O) groups is 1. The molecule has 0 N–H and O–H groups in total. The Morgan fingerprint density at radius 1 is 1.08 bits per heavy atom. The molecular weight excluding hydrogens is 316 g/mol. The topological polar surface area (TPSA) is 42.0 Å². The van der Waals surface area contributed by atoms with E-state index in [9.17, 15) is 4.79 Å². The molecule has 130 valence electrons. The third-order valence-electron chi connectivity index (χ3n) is 5.49. The van der Waals surface area contributed by atoms with Crippen LogP contribution in [-0.2, 0) is 6.54 Å². The average molecular weight is 338 g/mol. The Morgan fingerprint density at radius 2 is 1.76 bits per heavy atom. The minimum absolute atomic E-state index is 0.0355. The second-order valence-electron chi connectivity index (χ2n) is 6.65. The van der Waals surface area contributed by atoms with Gasteiger partial charge in [0.2, 0.25) is 0 Å². The number of nitrogens with zero attached hydrogens (tertiary/aromatic N) is 2. The highest BCUT2D eigenvalue weighted by molar-refractivity contribution is 6.02. The molecule has 2 aliphatic rings. The highest BCUT2D eigenvalue weighted by atomic mass is 16.5. The SMILES string of the molecule is COc1cc2c(cc1OC)N(C)C(C)[C@@H]1c3ccccc3CN1C2=O. The smallest absolute Gasteiger partial charge is 0.256 e. The van der Waals surface area contributed by atoms with Crippen LogP contribution in [-0.4, -0.2) is 38.1 Å². The first kappa shape index (κ1) is 15.8. The minimum Gasteiger partial charge on any atom is -0.493 e. The van der Waals surface area contributed by atoms with Gasteiger partial charge in [-0.3, -0.25) is 4.79 Å². The molecule has 25 heavy (non-hydrogen) atoms. The molecule has 1 unspecified atom stereocenters. The van der Waals surface area contributed by atoms with E-state index in [2.05, 4.69) is 24.0 Å². The summed E-state index contributed by atoms with van der Waals surface area (Å²) in [5.74, 6) is 1.25. The number of fused-ring (bicyclic) bond motifs is 4. The monoisotopic (exact) mass is 338 g/mol. The van der Waals surface area contributed by atoms with E-state index in [1.165, 1.54) is 11.1 Å². The maximum absolute atomic E-state index is 13.3. The highest BCUT2D eigenvalue weighted by Crippen LogP contribution is 2.45. The number of anilines is 1. The zero-order valence-electron chi connectivity index (χ0n) is 14.9. The minimum atomic E-state index is 0.0355. The van der Waals surface area contributed by atoms with Gasteiger partial charge in [-0.2, -0.15) is 0 Å². The first-order valence-electron chi connectivity index (χ1n) is 8.44. The molecule has 4 rings (SSSR count). The molecule has 0 aliphatic carbocycles. The van der Waals surface area contributed by atoms with Crippen LogP contribution in [0.2, 0.25) is 0 Å². The van der Waals surface area contributed by atoms with E-state index in [1.807, 2.05) is 30.1 Å². The Morgan fingerprint density at radius 3 is 2.48 bits per heavy atom. The van der Waals surface area contributed by atoms with Gasteiger partial charge in [-0.1, -0.05) is 24.3 Å². The lowest BCUT2D eigenvalue weighted by atomic mass is 9.99. The van der Waals surface area contributed by atoms with E-state index < -0.39 is 0 Å². The van der Waals surface area contributed by atoms with Gasteiger partial charge in [-0.05, 0) is 24.1 Å². The molecule has 2 atom stereocenters. The lowest BCUT2D eigenvalue weighted by Crippen LogP contribution is -2.39. The van der Waals surface area contributed by atoms with Crippen molar-refractivity contribution in [2.75, 3.05) is 26.2 Å². The molecule has 5 heteroatoms. The Balaban J connectivity index is 1.89. The number of amides is 1. The van der Waals surface area contributed by atoms with Gasteiger partial charge in [-0.15, -0.1) is 0 Å². The molecule has 2 heterocycles. The van der Waals surface area contributed by atoms with Crippen molar-refractivity contribution in [2.24, 2.45) is 0 Å². The first-order chi connectivity index (χ1) is 12.1. The predicted octanol–water partition coefficient (Wildman–Crippen LogP) is 3.24. The average Bonchev–Trinajstić information content (AvgIpc) is 3.01. The highest BCUT2D eigenvalue weighted by Gasteiger charge is 2.42. The van der Waals surface area contributed by atoms with Crippen LogP contribution in [0.3, 0.4) is 0 Å². The summed E-state index contributed by atoms with van der Waals surface area (Å²) in [7, 11) is 5.24. The molecule has 0 saturated carbocycles. The fourth-order valence-electron chi connectivity index (χ4n) is 4.05. The Bertz CT molecular complexity index is 849. The van der Waals surface area contributed by atoms with Crippen molar-refractivity contribution in [2.45, 2.75) is 25.6 Å². The van der Waals surface area contributed by atoms with Crippen LogP contribution in [0.15, 0.2) is 36.4 Å². The molecule has 2 aromatic carbocycles. The normalized spacial score (nSPS) is 21.4. The van der Waals surface area contributed by atoms with E-state index in [0.29, 0.717) is 23.6 Å². The third kappa shape index (κ3) is 2.18. The first-order valence-corrected chi connectivity index (χ1v) is 8.44. The van der Waals surface area contributed by atoms with Crippen molar-refractivity contribution >= 4 is 11.6 Å². The van der Waals surface area contributed by atoms with Gasteiger partial charge < -0.3 is 19.3 Å². The number of hydrogen-bond acceptors (Lipinski definition) is 4. The second-order valence-corrected chi connectivity index (χ2v) is 6.65. The molecule has 0 radical (unpaired) electrons. The fourth-order valence-corrected chi connectivity index (χ4v) is 4.05. The molecule has 0 fully saturated rings. The number of hydrogen-bond donors (Lipinski definition) is 0. The number of rotatable bonds is 2. The fraction of sp³-hybridized carbons (Fsp3) is 0.350. The van der Waals surface area contributed by atoms with Crippen LogP contribution in [0, 0.1) is 0 Å². The molecule has 0 spiro atoms. The van der Waals surface area contributed by atoms with Gasteiger partial charge in [0.25, 0.3) is 5.91 Å². The summed E-state index contributed by atoms with van der Waals surface area (Å²) in [6, 6.07) is 12.2. The van der Waals surface area contributed by atoms with Gasteiger partial charge in [-0.25, -0.2) is 0 Å². The summed E-state index contributed by atoms with van der Waals surface area (Å²) < 4.78 is 10.8. The standard InChI is InChI=1S/C20H22N2O3/c1-12-19-14-8-6-5-7-13(14)11-22(19)20(23)15-9-17(24-3)18(25-4)10-16(15)21(12)2/h5-10,12,19H,11H2,1-4H3/t12?,19-/m1/s1. The zero-order valence-corrected chi connectivity index (χ0v) is 14.9. The maximum atomic E-state index is 13.3. The van der Waals surface area contributed by atoms with E-state index >= 15 is 0 Å². The van der Waals surface area contributed by atoms with Crippen molar-refractivity contribution in [3.63, 3.8) is 0 Å². The number of benzene rings is 2. The number of methoxy groups -OCH3 is 2. The van der Waals surface area contributed by atoms with E-state index in [0.717, 1.165) is 5.69 Å². The van der Waals surface area contributed by atoms with Crippen LogP contribution in [0.1, 0.15) is 34.5 Å². The molecular formula is C20H22N2O3. The van der Waals surface area contributed by atoms with Crippen molar-refractivity contribution < 1.29 is 14.3 Å². The van der Waals surface area contributed by atoms with Gasteiger partial charge in [0, 0.05) is 19.7 Å². The Labute approximate surface area is 147 Å². The summed E-state index contributed by atoms with van der Waals surface area (Å²) in [5.41, 5.74) is 4.00. The summed E-state index contributed by atoms with van der Waals surface area (Å²) in [5, 5.41) is 0. The summed E-state index contributed by atoms with van der Waals surface area (Å²) in [6.07, 6.45) is 0. The summed E-state index contributed by atoms with van der Waals surface area (Å²) in [4.78, 5) is 17.5. The third-order valence-corrected chi connectivity index (χ3v) is 5.49. The molecule has 5 nitrogen and oxygen atoms in total. The zero-order chi connectivity index (χ0) is 17.7. The predicted molar refractivity (Wildman–Crippen MR) is 96.5 cm³/mol. The molecule has 0 bridgehead atoms. The van der Waals surface area contributed by atoms with Gasteiger partial charge in [0.1, 0.15) is 0 Å². The molecule has 0 saturated heterocycles. The van der Waals surface area contributed by atoms with Crippen LogP contribution in [0.25, 0.3) is 0 Å². The number of carbonyl (C=O) groups excluding carboxylic acids is 1. The van der Waals surface area contributed by atoms with Crippen LogP contribution >= 0.6 is 0 Å². The Kier molecular flexibility index (Phi) is 3.60. The lowest BCUT2D eigenvalue weighted by Gasteiger charge is -2.33. The molecule has 2 aliphatic heterocycles. The van der Waals surface area contributed by atoms with Crippen molar-refractivity contribution in [3.8, 4) is 11.5 Å². The second kappa shape index (κ2) is 5.69. The van der Waals surface area contributed by atoms with Crippen molar-refractivity contribution in [1.82, 2.24) is 4.90 Å². The maximum Gasteiger partial charge on any atom is 0.256 e. The number of ether oxygens (including phenoxy) is 2. The molecule has 0 aromatic heterocycles. The Hall–Kier alpha value is -2.69. The lowest BCUT2D eigenvalue weighted by molar-refractivity contribution is 0.0682. The van der Waals surface area contributed by atoms with E-state index in [4.69, 9.17) is 9.47 Å². The summed E-state index contributed by atoms with van der Waals surface area (Å²) in [6.45, 7) is 2.81. The molecule has 1 amide bonds. The molecule has 2 aromatic rings. The van der Waals surface area contributed by atoms with Crippen molar-refractivity contribution in [3.05, 3.63) is 53.1 Å². The van der Waals surface area contributed by atoms with Gasteiger partial charge in [0.05, 0.1) is 37.6 Å². The van der Waals surface area contributed by atoms with E-state index in [1.54, 1.807) is 20.3 Å². The van der Waals surface area contributed by atoms with E-state index in [-0.39, 0.29) is 18.0 Å². The quantitative estimate of drug-likeness (QED) is 0.843. The summed E-state index contributed by atoms with van der Waals surface area (Å²) >= 11 is 0. The van der Waals surface area contributed by atoms with Crippen LogP contribution < -0.4 is 14.4 Å². The largest absolute Gasteiger partial charge is 0.493 e. The van der Waals surface area contributed by atoms with Crippen molar-refractivity contribution in [1.29, 1.82) is 0 Å².